The van der Waals surface area contributed by atoms with Crippen LogP contribution in [-0.4, -0.2) is 27.4 Å². The Morgan fingerprint density at radius 3 is 2.52 bits per heavy atom. The van der Waals surface area contributed by atoms with Crippen molar-refractivity contribution in [2.45, 2.75) is 24.9 Å². The lowest BCUT2D eigenvalue weighted by molar-refractivity contribution is -0.145. The maximum Gasteiger partial charge on any atom is 0.390 e. The number of nitriles is 1. The number of hydrogen-bond acceptors (Lipinski definition) is 3. The van der Waals surface area contributed by atoms with E-state index in [1.807, 2.05) is 6.07 Å². The van der Waals surface area contributed by atoms with Gasteiger partial charge in [-0.3, -0.25) is 4.31 Å². The molecule has 1 aliphatic heterocycles. The SMILES string of the molecule is CC1(CC(F)(F)F)CN(S(C)(=O)=O)c2ccc(C#N)cc21. The summed E-state index contributed by atoms with van der Waals surface area (Å²) < 4.78 is 63.0. The second-order valence-electron chi connectivity index (χ2n) is 5.47. The first kappa shape index (κ1) is 15.6. The Labute approximate surface area is 120 Å². The Morgan fingerprint density at radius 2 is 2.05 bits per heavy atom. The highest BCUT2D eigenvalue weighted by molar-refractivity contribution is 7.92. The molecule has 1 heterocycles. The van der Waals surface area contributed by atoms with Crippen LogP contribution < -0.4 is 4.31 Å². The number of sulfonamides is 1. The number of rotatable bonds is 2. The molecule has 0 bridgehead atoms. The maximum atomic E-state index is 12.8. The maximum absolute atomic E-state index is 12.8. The van der Waals surface area contributed by atoms with Crippen molar-refractivity contribution in [1.29, 1.82) is 5.26 Å². The zero-order chi connectivity index (χ0) is 16.1. The minimum atomic E-state index is -4.43. The summed E-state index contributed by atoms with van der Waals surface area (Å²) in [6.45, 7) is 1.08. The molecule has 21 heavy (non-hydrogen) atoms. The normalized spacial score (nSPS) is 22.0. The third-order valence-corrected chi connectivity index (χ3v) is 4.65. The molecule has 4 nitrogen and oxygen atoms in total. The fourth-order valence-corrected chi connectivity index (χ4v) is 3.72. The summed E-state index contributed by atoms with van der Waals surface area (Å²) >= 11 is 0. The molecule has 2 rings (SSSR count). The second kappa shape index (κ2) is 4.63. The minimum Gasteiger partial charge on any atom is -0.269 e. The van der Waals surface area contributed by atoms with Gasteiger partial charge < -0.3 is 0 Å². The van der Waals surface area contributed by atoms with E-state index in [1.165, 1.54) is 25.1 Å². The van der Waals surface area contributed by atoms with Gasteiger partial charge in [-0.15, -0.1) is 0 Å². The number of alkyl halides is 3. The van der Waals surface area contributed by atoms with Crippen LogP contribution in [0.15, 0.2) is 18.2 Å². The van der Waals surface area contributed by atoms with Crippen LogP contribution in [0.25, 0.3) is 0 Å². The highest BCUT2D eigenvalue weighted by Crippen LogP contribution is 2.47. The molecule has 0 spiro atoms. The molecule has 8 heteroatoms. The summed E-state index contributed by atoms with van der Waals surface area (Å²) in [5.41, 5.74) is -0.742. The summed E-state index contributed by atoms with van der Waals surface area (Å²) in [7, 11) is -3.68. The number of anilines is 1. The van der Waals surface area contributed by atoms with Gasteiger partial charge >= 0.3 is 6.18 Å². The van der Waals surface area contributed by atoms with E-state index in [9.17, 15) is 21.6 Å². The molecule has 0 fully saturated rings. The van der Waals surface area contributed by atoms with Crippen LogP contribution in [0.4, 0.5) is 18.9 Å². The fourth-order valence-electron chi connectivity index (χ4n) is 2.68. The lowest BCUT2D eigenvalue weighted by Crippen LogP contribution is -2.37. The minimum absolute atomic E-state index is 0.206. The molecular weight excluding hydrogens is 305 g/mol. The first-order valence-corrected chi connectivity index (χ1v) is 7.90. The van der Waals surface area contributed by atoms with E-state index in [0.29, 0.717) is 0 Å². The van der Waals surface area contributed by atoms with E-state index in [1.54, 1.807) is 0 Å². The van der Waals surface area contributed by atoms with E-state index in [4.69, 9.17) is 5.26 Å². The Kier molecular flexibility index (Phi) is 3.45. The lowest BCUT2D eigenvalue weighted by Gasteiger charge is -2.26. The van der Waals surface area contributed by atoms with Crippen molar-refractivity contribution in [3.8, 4) is 6.07 Å². The molecule has 1 aromatic rings. The van der Waals surface area contributed by atoms with Crippen molar-refractivity contribution in [2.75, 3.05) is 17.1 Å². The van der Waals surface area contributed by atoms with Crippen LogP contribution in [0.5, 0.6) is 0 Å². The van der Waals surface area contributed by atoms with Crippen molar-refractivity contribution >= 4 is 15.7 Å². The molecule has 0 radical (unpaired) electrons. The molecular formula is C13H13F3N2O2S. The van der Waals surface area contributed by atoms with Crippen LogP contribution >= 0.6 is 0 Å². The Hall–Kier alpha value is -1.75. The van der Waals surface area contributed by atoms with Gasteiger partial charge in [0.1, 0.15) is 0 Å². The van der Waals surface area contributed by atoms with E-state index < -0.39 is 28.0 Å². The average Bonchev–Trinajstić information content (AvgIpc) is 2.60. The number of fused-ring (bicyclic) bond motifs is 1. The van der Waals surface area contributed by atoms with E-state index in [-0.39, 0.29) is 23.4 Å². The number of nitrogens with zero attached hydrogens (tertiary/aromatic N) is 2. The van der Waals surface area contributed by atoms with Crippen LogP contribution in [0, 0.1) is 11.3 Å². The van der Waals surface area contributed by atoms with E-state index >= 15 is 0 Å². The zero-order valence-electron chi connectivity index (χ0n) is 11.4. The summed E-state index contributed by atoms with van der Waals surface area (Å²) in [4.78, 5) is 0. The van der Waals surface area contributed by atoms with Gasteiger partial charge in [-0.25, -0.2) is 8.42 Å². The summed E-state index contributed by atoms with van der Waals surface area (Å²) in [6, 6.07) is 5.99. The fraction of sp³-hybridized carbons (Fsp3) is 0.462. The summed E-state index contributed by atoms with van der Waals surface area (Å²) in [6.07, 6.45) is -4.62. The molecule has 114 valence electrons. The van der Waals surface area contributed by atoms with Gasteiger partial charge in [0.2, 0.25) is 10.0 Å². The Balaban J connectivity index is 2.62. The molecule has 1 aromatic carbocycles. The topological polar surface area (TPSA) is 61.2 Å². The molecule has 0 saturated heterocycles. The third kappa shape index (κ3) is 2.97. The smallest absolute Gasteiger partial charge is 0.269 e. The molecule has 1 atom stereocenters. The molecule has 0 aromatic heterocycles. The second-order valence-corrected chi connectivity index (χ2v) is 7.37. The van der Waals surface area contributed by atoms with E-state index in [0.717, 1.165) is 10.6 Å². The molecule has 0 aliphatic carbocycles. The quantitative estimate of drug-likeness (QED) is 0.842. The number of hydrogen-bond donors (Lipinski definition) is 0. The van der Waals surface area contributed by atoms with Gasteiger partial charge in [-0.05, 0) is 23.8 Å². The highest BCUT2D eigenvalue weighted by Gasteiger charge is 2.48. The molecule has 0 amide bonds. The number of benzene rings is 1. The van der Waals surface area contributed by atoms with E-state index in [2.05, 4.69) is 0 Å². The highest BCUT2D eigenvalue weighted by atomic mass is 32.2. The standard InChI is InChI=1S/C13H13F3N2O2S/c1-12(7-13(14,15)16)8-18(21(2,19)20)11-4-3-9(6-17)5-10(11)12/h3-5H,7-8H2,1-2H3. The Morgan fingerprint density at radius 1 is 1.43 bits per heavy atom. The average molecular weight is 318 g/mol. The Bertz CT molecular complexity index is 722. The van der Waals surface area contributed by atoms with Crippen LogP contribution in [0.1, 0.15) is 24.5 Å². The van der Waals surface area contributed by atoms with Crippen molar-refractivity contribution in [3.05, 3.63) is 29.3 Å². The predicted molar refractivity (Wildman–Crippen MR) is 71.4 cm³/mol. The van der Waals surface area contributed by atoms with Crippen LogP contribution in [-0.2, 0) is 15.4 Å². The summed E-state index contributed by atoms with van der Waals surface area (Å²) in [5.74, 6) is 0. The first-order chi connectivity index (χ1) is 9.46. The molecule has 1 aliphatic rings. The van der Waals surface area contributed by atoms with Crippen molar-refractivity contribution in [2.24, 2.45) is 0 Å². The largest absolute Gasteiger partial charge is 0.390 e. The van der Waals surface area contributed by atoms with Gasteiger partial charge in [-0.1, -0.05) is 6.92 Å². The summed E-state index contributed by atoms with van der Waals surface area (Å²) in [5, 5.41) is 8.89. The van der Waals surface area contributed by atoms with Crippen molar-refractivity contribution in [3.63, 3.8) is 0 Å². The van der Waals surface area contributed by atoms with Gasteiger partial charge in [0.25, 0.3) is 0 Å². The number of halogens is 3. The van der Waals surface area contributed by atoms with Crippen LogP contribution in [0.2, 0.25) is 0 Å². The molecule has 0 saturated carbocycles. The van der Waals surface area contributed by atoms with Crippen molar-refractivity contribution in [1.82, 2.24) is 0 Å². The molecule has 1 unspecified atom stereocenters. The van der Waals surface area contributed by atoms with Gasteiger partial charge in [0, 0.05) is 12.0 Å². The monoisotopic (exact) mass is 318 g/mol. The zero-order valence-corrected chi connectivity index (χ0v) is 12.2. The van der Waals surface area contributed by atoms with Gasteiger partial charge in [0.05, 0.1) is 30.0 Å². The molecule has 0 N–H and O–H groups in total. The first-order valence-electron chi connectivity index (χ1n) is 6.05. The van der Waals surface area contributed by atoms with Crippen LogP contribution in [0.3, 0.4) is 0 Å². The predicted octanol–water partition coefficient (Wildman–Crippen LogP) is 2.55. The van der Waals surface area contributed by atoms with Gasteiger partial charge in [0.15, 0.2) is 0 Å². The van der Waals surface area contributed by atoms with Gasteiger partial charge in [-0.2, -0.15) is 18.4 Å². The lowest BCUT2D eigenvalue weighted by atomic mass is 9.80. The third-order valence-electron chi connectivity index (χ3n) is 3.53. The van der Waals surface area contributed by atoms with Crippen molar-refractivity contribution < 1.29 is 21.6 Å².